The van der Waals surface area contributed by atoms with Crippen LogP contribution in [-0.2, 0) is 0 Å². The summed E-state index contributed by atoms with van der Waals surface area (Å²) in [5.41, 5.74) is 8.16. The summed E-state index contributed by atoms with van der Waals surface area (Å²) in [5.74, 6) is 0. The van der Waals surface area contributed by atoms with Crippen LogP contribution in [0.25, 0.3) is 21.5 Å². The Morgan fingerprint density at radius 1 is 1.27 bits per heavy atom. The molecular formula is C11H8N2OS. The van der Waals surface area contributed by atoms with Crippen molar-refractivity contribution in [2.24, 2.45) is 0 Å². The van der Waals surface area contributed by atoms with E-state index in [0.717, 1.165) is 16.7 Å². The highest BCUT2D eigenvalue weighted by molar-refractivity contribution is 7.13. The fourth-order valence-corrected chi connectivity index (χ4v) is 2.27. The second-order valence-electron chi connectivity index (χ2n) is 3.21. The van der Waals surface area contributed by atoms with Gasteiger partial charge in [-0.05, 0) is 35.2 Å². The van der Waals surface area contributed by atoms with Gasteiger partial charge in [-0.15, -0.1) is 11.3 Å². The Bertz CT molecular complexity index is 598. The fourth-order valence-electron chi connectivity index (χ4n) is 1.54. The summed E-state index contributed by atoms with van der Waals surface area (Å²) in [6, 6.07) is 10.2. The highest BCUT2D eigenvalue weighted by Crippen LogP contribution is 2.28. The molecule has 0 aliphatic rings. The van der Waals surface area contributed by atoms with E-state index in [4.69, 9.17) is 10.2 Å². The number of hydrogen-bond donors (Lipinski definition) is 1. The molecule has 0 aliphatic carbocycles. The van der Waals surface area contributed by atoms with Gasteiger partial charge in [0, 0.05) is 4.88 Å². The summed E-state index contributed by atoms with van der Waals surface area (Å²) in [6.45, 7) is 0. The molecule has 0 saturated heterocycles. The second kappa shape index (κ2) is 3.10. The molecule has 3 aromatic rings. The third-order valence-corrected chi connectivity index (χ3v) is 3.13. The SMILES string of the molecule is Nc1nc2cc(-c3cccs3)ccc2o1. The minimum atomic E-state index is 0.216. The van der Waals surface area contributed by atoms with Crippen LogP contribution in [0.3, 0.4) is 0 Å². The predicted octanol–water partition coefficient (Wildman–Crippen LogP) is 3.14. The van der Waals surface area contributed by atoms with Gasteiger partial charge in [0.25, 0.3) is 6.01 Å². The number of aromatic nitrogens is 1. The second-order valence-corrected chi connectivity index (χ2v) is 4.16. The van der Waals surface area contributed by atoms with Gasteiger partial charge >= 0.3 is 0 Å². The molecule has 2 aromatic heterocycles. The summed E-state index contributed by atoms with van der Waals surface area (Å²) in [5, 5.41) is 2.05. The van der Waals surface area contributed by atoms with Crippen molar-refractivity contribution < 1.29 is 4.42 Å². The predicted molar refractivity (Wildman–Crippen MR) is 61.7 cm³/mol. The summed E-state index contributed by atoms with van der Waals surface area (Å²) >= 11 is 1.70. The third kappa shape index (κ3) is 1.39. The van der Waals surface area contributed by atoms with E-state index in [1.165, 1.54) is 4.88 Å². The van der Waals surface area contributed by atoms with Gasteiger partial charge in [-0.1, -0.05) is 6.07 Å². The third-order valence-electron chi connectivity index (χ3n) is 2.21. The van der Waals surface area contributed by atoms with E-state index >= 15 is 0 Å². The molecule has 0 spiro atoms. The molecule has 2 N–H and O–H groups in total. The lowest BCUT2D eigenvalue weighted by atomic mass is 10.2. The first-order valence-electron chi connectivity index (χ1n) is 4.53. The molecule has 2 heterocycles. The zero-order valence-electron chi connectivity index (χ0n) is 7.81. The van der Waals surface area contributed by atoms with Crippen LogP contribution in [0.5, 0.6) is 0 Å². The van der Waals surface area contributed by atoms with Crippen molar-refractivity contribution in [2.45, 2.75) is 0 Å². The number of nitrogens with two attached hydrogens (primary N) is 1. The average molecular weight is 216 g/mol. The number of oxazole rings is 1. The number of anilines is 1. The summed E-state index contributed by atoms with van der Waals surface area (Å²) in [7, 11) is 0. The Morgan fingerprint density at radius 3 is 3.00 bits per heavy atom. The van der Waals surface area contributed by atoms with E-state index in [1.807, 2.05) is 24.3 Å². The van der Waals surface area contributed by atoms with Crippen molar-refractivity contribution in [3.8, 4) is 10.4 Å². The van der Waals surface area contributed by atoms with Crippen molar-refractivity contribution >= 4 is 28.5 Å². The number of benzene rings is 1. The van der Waals surface area contributed by atoms with Crippen molar-refractivity contribution in [3.05, 3.63) is 35.7 Å². The lowest BCUT2D eigenvalue weighted by molar-refractivity contribution is 0.626. The van der Waals surface area contributed by atoms with Gasteiger partial charge in [0.1, 0.15) is 5.52 Å². The zero-order valence-corrected chi connectivity index (χ0v) is 8.62. The Labute approximate surface area is 90.2 Å². The van der Waals surface area contributed by atoms with E-state index in [0.29, 0.717) is 0 Å². The summed E-state index contributed by atoms with van der Waals surface area (Å²) in [6.07, 6.45) is 0. The summed E-state index contributed by atoms with van der Waals surface area (Å²) < 4.78 is 5.21. The van der Waals surface area contributed by atoms with Crippen LogP contribution in [0.1, 0.15) is 0 Å². The molecule has 0 amide bonds. The lowest BCUT2D eigenvalue weighted by Crippen LogP contribution is -1.80. The molecule has 74 valence electrons. The molecule has 4 heteroatoms. The number of nitrogen functional groups attached to an aromatic ring is 1. The maximum atomic E-state index is 5.48. The van der Waals surface area contributed by atoms with Gasteiger partial charge in [-0.3, -0.25) is 0 Å². The van der Waals surface area contributed by atoms with Crippen LogP contribution in [0.2, 0.25) is 0 Å². The fraction of sp³-hybridized carbons (Fsp3) is 0. The molecule has 0 aliphatic heterocycles. The quantitative estimate of drug-likeness (QED) is 0.679. The standard InChI is InChI=1S/C11H8N2OS/c12-11-13-8-6-7(3-4-9(8)14-11)10-2-1-5-15-10/h1-6H,(H2,12,13). The van der Waals surface area contributed by atoms with Gasteiger partial charge in [0.15, 0.2) is 5.58 Å². The van der Waals surface area contributed by atoms with E-state index in [1.54, 1.807) is 11.3 Å². The molecule has 0 atom stereocenters. The van der Waals surface area contributed by atoms with Crippen molar-refractivity contribution in [2.75, 3.05) is 5.73 Å². The van der Waals surface area contributed by atoms with Crippen LogP contribution in [0.4, 0.5) is 6.01 Å². The van der Waals surface area contributed by atoms with Crippen molar-refractivity contribution in [3.63, 3.8) is 0 Å². The Hall–Kier alpha value is -1.81. The maximum Gasteiger partial charge on any atom is 0.292 e. The number of nitrogens with zero attached hydrogens (tertiary/aromatic N) is 1. The van der Waals surface area contributed by atoms with Gasteiger partial charge in [0.2, 0.25) is 0 Å². The van der Waals surface area contributed by atoms with E-state index in [-0.39, 0.29) is 6.01 Å². The van der Waals surface area contributed by atoms with E-state index < -0.39 is 0 Å². The molecule has 0 saturated carbocycles. The number of fused-ring (bicyclic) bond motifs is 1. The average Bonchev–Trinajstić information content (AvgIpc) is 2.82. The minimum Gasteiger partial charge on any atom is -0.424 e. The van der Waals surface area contributed by atoms with Gasteiger partial charge in [0.05, 0.1) is 0 Å². The van der Waals surface area contributed by atoms with Crippen LogP contribution in [-0.4, -0.2) is 4.98 Å². The highest BCUT2D eigenvalue weighted by atomic mass is 32.1. The van der Waals surface area contributed by atoms with Crippen LogP contribution < -0.4 is 5.73 Å². The Balaban J connectivity index is 2.21. The largest absolute Gasteiger partial charge is 0.424 e. The monoisotopic (exact) mass is 216 g/mol. The number of hydrogen-bond acceptors (Lipinski definition) is 4. The van der Waals surface area contributed by atoms with Gasteiger partial charge in [-0.2, -0.15) is 4.98 Å². The smallest absolute Gasteiger partial charge is 0.292 e. The van der Waals surface area contributed by atoms with Gasteiger partial charge in [-0.25, -0.2) is 0 Å². The molecular weight excluding hydrogens is 208 g/mol. The number of thiophene rings is 1. The van der Waals surface area contributed by atoms with Crippen LogP contribution in [0, 0.1) is 0 Å². The van der Waals surface area contributed by atoms with Crippen molar-refractivity contribution in [1.29, 1.82) is 0 Å². The molecule has 0 fully saturated rings. The molecule has 0 radical (unpaired) electrons. The molecule has 15 heavy (non-hydrogen) atoms. The maximum absolute atomic E-state index is 5.48. The van der Waals surface area contributed by atoms with Gasteiger partial charge < -0.3 is 10.2 Å². The first kappa shape index (κ1) is 8.49. The highest BCUT2D eigenvalue weighted by Gasteiger charge is 2.05. The van der Waals surface area contributed by atoms with Crippen molar-refractivity contribution in [1.82, 2.24) is 4.98 Å². The van der Waals surface area contributed by atoms with Crippen LogP contribution in [0.15, 0.2) is 40.1 Å². The normalized spacial score (nSPS) is 10.9. The first-order valence-corrected chi connectivity index (χ1v) is 5.41. The molecule has 1 aromatic carbocycles. The molecule has 3 rings (SSSR count). The minimum absolute atomic E-state index is 0.216. The summed E-state index contributed by atoms with van der Waals surface area (Å²) in [4.78, 5) is 5.32. The number of rotatable bonds is 1. The zero-order chi connectivity index (χ0) is 10.3. The topological polar surface area (TPSA) is 52.0 Å². The molecule has 0 unspecified atom stereocenters. The van der Waals surface area contributed by atoms with Crippen LogP contribution >= 0.6 is 11.3 Å². The van der Waals surface area contributed by atoms with E-state index in [2.05, 4.69) is 16.4 Å². The van der Waals surface area contributed by atoms with E-state index in [9.17, 15) is 0 Å². The molecule has 0 bridgehead atoms. The first-order chi connectivity index (χ1) is 7.33. The Morgan fingerprint density at radius 2 is 2.20 bits per heavy atom. The Kier molecular flexibility index (Phi) is 1.76. The lowest BCUT2D eigenvalue weighted by Gasteiger charge is -1.95. The molecule has 3 nitrogen and oxygen atoms in total.